The summed E-state index contributed by atoms with van der Waals surface area (Å²) in [7, 11) is -3.78. The summed E-state index contributed by atoms with van der Waals surface area (Å²) in [4.78, 5) is 4.62. The van der Waals surface area contributed by atoms with Gasteiger partial charge in [0.25, 0.3) is 0 Å². The topological polar surface area (TPSA) is 115 Å². The molecule has 186 valence electrons. The number of aromatic nitrogens is 3. The van der Waals surface area contributed by atoms with E-state index in [-0.39, 0.29) is 4.90 Å². The van der Waals surface area contributed by atoms with Gasteiger partial charge in [0.05, 0.1) is 22.5 Å². The van der Waals surface area contributed by atoms with Crippen molar-refractivity contribution < 1.29 is 8.42 Å². The fourth-order valence-corrected chi connectivity index (χ4v) is 4.88. The molecule has 0 unspecified atom stereocenters. The number of primary sulfonamides is 1. The van der Waals surface area contributed by atoms with Crippen LogP contribution in [-0.4, -0.2) is 29.4 Å². The Morgan fingerprint density at radius 2 is 1.68 bits per heavy atom. The number of nitrogens with zero attached hydrogens (tertiary/aromatic N) is 4. The highest BCUT2D eigenvalue weighted by Gasteiger charge is 2.13. The molecule has 0 saturated heterocycles. The van der Waals surface area contributed by atoms with Crippen LogP contribution in [0.5, 0.6) is 0 Å². The van der Waals surface area contributed by atoms with E-state index in [0.717, 1.165) is 33.6 Å². The van der Waals surface area contributed by atoms with E-state index in [2.05, 4.69) is 15.5 Å². The van der Waals surface area contributed by atoms with Gasteiger partial charge in [-0.2, -0.15) is 10.2 Å². The van der Waals surface area contributed by atoms with Crippen LogP contribution >= 0.6 is 22.9 Å². The zero-order chi connectivity index (χ0) is 26.0. The van der Waals surface area contributed by atoms with Gasteiger partial charge in [0.15, 0.2) is 0 Å². The molecule has 0 atom stereocenters. The second kappa shape index (κ2) is 10.3. The van der Waals surface area contributed by atoms with Gasteiger partial charge in [-0.1, -0.05) is 53.6 Å². The number of nitrogens with two attached hydrogens (primary N) is 1. The molecule has 3 aromatic carbocycles. The molecule has 3 N–H and O–H groups in total. The Morgan fingerprint density at radius 1 is 1.00 bits per heavy atom. The van der Waals surface area contributed by atoms with Gasteiger partial charge in [-0.05, 0) is 43.3 Å². The quantitative estimate of drug-likeness (QED) is 0.199. The number of anilines is 1. The van der Waals surface area contributed by atoms with Crippen molar-refractivity contribution in [2.24, 2.45) is 10.2 Å². The summed E-state index contributed by atoms with van der Waals surface area (Å²) < 4.78 is 24.9. The third-order valence-electron chi connectivity index (χ3n) is 5.51. The molecule has 0 radical (unpaired) electrons. The zero-order valence-corrected chi connectivity index (χ0v) is 21.9. The molecule has 0 amide bonds. The molecule has 0 saturated carbocycles. The lowest BCUT2D eigenvalue weighted by Crippen LogP contribution is -2.12. The largest absolute Gasteiger partial charge is 0.253 e. The van der Waals surface area contributed by atoms with Crippen molar-refractivity contribution in [1.82, 2.24) is 14.8 Å². The molecule has 2 heterocycles. The maximum Gasteiger partial charge on any atom is 0.238 e. The van der Waals surface area contributed by atoms with Crippen molar-refractivity contribution >= 4 is 44.3 Å². The number of thiazole rings is 1. The van der Waals surface area contributed by atoms with Crippen LogP contribution in [0.3, 0.4) is 0 Å². The molecule has 5 rings (SSSR count). The van der Waals surface area contributed by atoms with E-state index in [1.54, 1.807) is 23.0 Å². The Hall–Kier alpha value is -3.83. The van der Waals surface area contributed by atoms with Gasteiger partial charge in [-0.3, -0.25) is 5.43 Å². The molecule has 0 spiro atoms. The molecule has 5 aromatic rings. The summed E-state index contributed by atoms with van der Waals surface area (Å²) >= 11 is 7.42. The third kappa shape index (κ3) is 5.78. The lowest BCUT2D eigenvalue weighted by molar-refractivity contribution is 0.598. The first-order valence-electron chi connectivity index (χ1n) is 11.1. The highest BCUT2D eigenvalue weighted by molar-refractivity contribution is 7.89. The predicted molar refractivity (Wildman–Crippen MR) is 149 cm³/mol. The average molecular weight is 549 g/mol. The molecule has 0 bridgehead atoms. The van der Waals surface area contributed by atoms with Crippen LogP contribution in [0, 0.1) is 6.92 Å². The summed E-state index contributed by atoms with van der Waals surface area (Å²) in [5.41, 5.74) is 9.02. The number of benzene rings is 3. The molecule has 37 heavy (non-hydrogen) atoms. The predicted octanol–water partition coefficient (Wildman–Crippen LogP) is 5.72. The first-order chi connectivity index (χ1) is 17.8. The Morgan fingerprint density at radius 3 is 2.35 bits per heavy atom. The summed E-state index contributed by atoms with van der Waals surface area (Å²) in [6.07, 6.45) is 3.51. The highest BCUT2D eigenvalue weighted by atomic mass is 35.5. The molecule has 0 aliphatic heterocycles. The fraction of sp³-hybridized carbons (Fsp3) is 0.0385. The van der Waals surface area contributed by atoms with Crippen molar-refractivity contribution in [3.05, 3.63) is 101 Å². The van der Waals surface area contributed by atoms with E-state index in [0.29, 0.717) is 15.8 Å². The number of sulfonamides is 1. The second-order valence-electron chi connectivity index (χ2n) is 8.20. The minimum Gasteiger partial charge on any atom is -0.253 e. The Balaban J connectivity index is 1.42. The molecule has 8 nitrogen and oxygen atoms in total. The van der Waals surface area contributed by atoms with Crippen LogP contribution in [0.4, 0.5) is 5.13 Å². The third-order valence-corrected chi connectivity index (χ3v) is 7.43. The van der Waals surface area contributed by atoms with Crippen LogP contribution in [0.1, 0.15) is 11.1 Å². The van der Waals surface area contributed by atoms with Crippen LogP contribution in [-0.2, 0) is 10.0 Å². The van der Waals surface area contributed by atoms with Gasteiger partial charge < -0.3 is 0 Å². The molecule has 2 aromatic heterocycles. The Kier molecular flexibility index (Phi) is 6.90. The van der Waals surface area contributed by atoms with Gasteiger partial charge in [-0.25, -0.2) is 23.2 Å². The first kappa shape index (κ1) is 24.8. The van der Waals surface area contributed by atoms with Crippen LogP contribution < -0.4 is 10.6 Å². The van der Waals surface area contributed by atoms with Gasteiger partial charge >= 0.3 is 0 Å². The second-order valence-corrected chi connectivity index (χ2v) is 11.1. The summed E-state index contributed by atoms with van der Waals surface area (Å²) in [6, 6.07) is 21.7. The fourth-order valence-electron chi connectivity index (χ4n) is 3.57. The minimum atomic E-state index is -3.78. The van der Waals surface area contributed by atoms with Crippen molar-refractivity contribution in [2.75, 3.05) is 5.43 Å². The van der Waals surface area contributed by atoms with Crippen molar-refractivity contribution in [3.8, 4) is 28.2 Å². The number of hydrogen-bond acceptors (Lipinski definition) is 7. The number of hydrogen-bond donors (Lipinski definition) is 2. The monoisotopic (exact) mass is 548 g/mol. The lowest BCUT2D eigenvalue weighted by Gasteiger charge is -2.03. The normalized spacial score (nSPS) is 11.8. The highest BCUT2D eigenvalue weighted by Crippen LogP contribution is 2.27. The lowest BCUT2D eigenvalue weighted by atomic mass is 10.1. The zero-order valence-electron chi connectivity index (χ0n) is 19.5. The van der Waals surface area contributed by atoms with Crippen molar-refractivity contribution in [3.63, 3.8) is 0 Å². The molecule has 0 aliphatic carbocycles. The summed E-state index contributed by atoms with van der Waals surface area (Å²) in [5, 5.41) is 17.6. The number of hydrazone groups is 1. The Bertz CT molecular complexity index is 1670. The van der Waals surface area contributed by atoms with E-state index >= 15 is 0 Å². The average Bonchev–Trinajstić information content (AvgIpc) is 3.52. The van der Waals surface area contributed by atoms with E-state index < -0.39 is 10.0 Å². The van der Waals surface area contributed by atoms with Crippen LogP contribution in [0.15, 0.2) is 94.4 Å². The van der Waals surface area contributed by atoms with E-state index in [4.69, 9.17) is 21.8 Å². The smallest absolute Gasteiger partial charge is 0.238 e. The first-order valence-corrected chi connectivity index (χ1v) is 13.9. The van der Waals surface area contributed by atoms with E-state index in [9.17, 15) is 8.42 Å². The maximum absolute atomic E-state index is 11.6. The molecule has 0 aliphatic rings. The number of aryl methyl sites for hydroxylation is 1. The SMILES string of the molecule is Cc1ccc(-c2nn(-c3ccc(S(N)(=O)=O)cc3)cc2/C=N/Nc2nc(-c3ccc(Cl)cc3)cs2)cc1. The van der Waals surface area contributed by atoms with Crippen molar-refractivity contribution in [2.45, 2.75) is 11.8 Å². The maximum atomic E-state index is 11.6. The van der Waals surface area contributed by atoms with Gasteiger partial charge in [-0.15, -0.1) is 11.3 Å². The summed E-state index contributed by atoms with van der Waals surface area (Å²) in [6.45, 7) is 2.02. The van der Waals surface area contributed by atoms with Crippen molar-refractivity contribution in [1.29, 1.82) is 0 Å². The van der Waals surface area contributed by atoms with Gasteiger partial charge in [0.1, 0.15) is 5.69 Å². The van der Waals surface area contributed by atoms with Crippen LogP contribution in [0.25, 0.3) is 28.2 Å². The number of nitrogens with one attached hydrogen (secondary N) is 1. The van der Waals surface area contributed by atoms with Crippen LogP contribution in [0.2, 0.25) is 5.02 Å². The van der Waals surface area contributed by atoms with E-state index in [1.165, 1.54) is 23.5 Å². The van der Waals surface area contributed by atoms with Gasteiger partial charge in [0.2, 0.25) is 15.2 Å². The standard InChI is InChI=1S/C26H21ClN6O2S2/c1-17-2-4-19(5-3-17)25-20(15-33(32-25)22-10-12-23(13-11-22)37(28,34)35)14-29-31-26-30-24(16-36-26)18-6-8-21(27)9-7-18/h2-16H,1H3,(H,30,31)(H2,28,34,35)/b29-14+. The number of halogens is 1. The summed E-state index contributed by atoms with van der Waals surface area (Å²) in [5.74, 6) is 0. The molecule has 0 fully saturated rings. The molecular formula is C26H21ClN6O2S2. The molecule has 11 heteroatoms. The minimum absolute atomic E-state index is 0.0366. The Labute approximate surface area is 223 Å². The van der Waals surface area contributed by atoms with Gasteiger partial charge in [0, 0.05) is 33.3 Å². The van der Waals surface area contributed by atoms with E-state index in [1.807, 2.05) is 67.0 Å². The number of rotatable bonds is 7. The molecular weight excluding hydrogens is 528 g/mol.